The van der Waals surface area contributed by atoms with Gasteiger partial charge in [0.1, 0.15) is 18.2 Å². The molecule has 0 atom stereocenters. The van der Waals surface area contributed by atoms with Crippen molar-refractivity contribution in [3.05, 3.63) is 29.6 Å². The predicted octanol–water partition coefficient (Wildman–Crippen LogP) is 2.51. The Morgan fingerprint density at radius 3 is 2.76 bits per heavy atom. The van der Waals surface area contributed by atoms with E-state index in [0.717, 1.165) is 19.4 Å². The summed E-state index contributed by atoms with van der Waals surface area (Å²) in [5, 5.41) is 9.04. The van der Waals surface area contributed by atoms with Gasteiger partial charge < -0.3 is 14.6 Å². The van der Waals surface area contributed by atoms with Crippen molar-refractivity contribution in [1.29, 1.82) is 0 Å². The number of aliphatic hydroxyl groups excluding tert-OH is 1. The number of rotatable bonds is 8. The first kappa shape index (κ1) is 13.9. The molecule has 0 saturated heterocycles. The van der Waals surface area contributed by atoms with Crippen LogP contribution >= 0.6 is 0 Å². The molecule has 0 aliphatic carbocycles. The molecule has 1 N–H and O–H groups in total. The Hall–Kier alpha value is -1.13. The fourth-order valence-corrected chi connectivity index (χ4v) is 1.37. The van der Waals surface area contributed by atoms with E-state index in [9.17, 15) is 4.39 Å². The van der Waals surface area contributed by atoms with Gasteiger partial charge in [-0.2, -0.15) is 0 Å². The highest BCUT2D eigenvalue weighted by atomic mass is 19.1. The highest BCUT2D eigenvalue weighted by molar-refractivity contribution is 5.33. The van der Waals surface area contributed by atoms with E-state index in [1.807, 2.05) is 0 Å². The van der Waals surface area contributed by atoms with Crippen LogP contribution in [0.2, 0.25) is 0 Å². The van der Waals surface area contributed by atoms with Crippen LogP contribution in [-0.4, -0.2) is 24.9 Å². The van der Waals surface area contributed by atoms with Crippen LogP contribution in [0.4, 0.5) is 4.39 Å². The normalized spacial score (nSPS) is 10.5. The van der Waals surface area contributed by atoms with Gasteiger partial charge in [0.15, 0.2) is 0 Å². The maximum absolute atomic E-state index is 12.9. The molecule has 3 nitrogen and oxygen atoms in total. The van der Waals surface area contributed by atoms with Gasteiger partial charge in [0, 0.05) is 12.2 Å². The number of benzene rings is 1. The van der Waals surface area contributed by atoms with Crippen LogP contribution in [0.15, 0.2) is 18.2 Å². The van der Waals surface area contributed by atoms with E-state index in [4.69, 9.17) is 14.6 Å². The molecule has 0 spiro atoms. The molecule has 17 heavy (non-hydrogen) atoms. The molecule has 0 aliphatic heterocycles. The largest absolute Gasteiger partial charge is 0.491 e. The summed E-state index contributed by atoms with van der Waals surface area (Å²) in [5.74, 6) is 0.133. The van der Waals surface area contributed by atoms with Gasteiger partial charge in [0.05, 0.1) is 13.2 Å². The van der Waals surface area contributed by atoms with Crippen molar-refractivity contribution in [1.82, 2.24) is 0 Å². The summed E-state index contributed by atoms with van der Waals surface area (Å²) < 4.78 is 23.6. The Labute approximate surface area is 101 Å². The zero-order valence-electron chi connectivity index (χ0n) is 10.1. The van der Waals surface area contributed by atoms with Crippen molar-refractivity contribution in [3.63, 3.8) is 0 Å². The van der Waals surface area contributed by atoms with Crippen molar-refractivity contribution in [3.8, 4) is 5.75 Å². The molecule has 0 heterocycles. The molecule has 4 heteroatoms. The molecule has 0 aliphatic rings. The zero-order valence-corrected chi connectivity index (χ0v) is 10.1. The maximum atomic E-state index is 12.9. The number of hydrogen-bond donors (Lipinski definition) is 1. The Morgan fingerprint density at radius 2 is 2.06 bits per heavy atom. The Morgan fingerprint density at radius 1 is 1.24 bits per heavy atom. The molecule has 0 aromatic heterocycles. The lowest BCUT2D eigenvalue weighted by atomic mass is 10.2. The minimum absolute atomic E-state index is 0.232. The minimum atomic E-state index is -0.374. The van der Waals surface area contributed by atoms with Crippen LogP contribution in [0, 0.1) is 5.82 Å². The van der Waals surface area contributed by atoms with Crippen molar-refractivity contribution < 1.29 is 19.0 Å². The second kappa shape index (κ2) is 8.03. The highest BCUT2D eigenvalue weighted by Crippen LogP contribution is 2.19. The van der Waals surface area contributed by atoms with Crippen LogP contribution in [-0.2, 0) is 11.3 Å². The summed E-state index contributed by atoms with van der Waals surface area (Å²) in [7, 11) is 0. The second-order valence-electron chi connectivity index (χ2n) is 3.72. The number of ether oxygens (including phenoxy) is 2. The molecule has 96 valence electrons. The van der Waals surface area contributed by atoms with Crippen molar-refractivity contribution in [2.45, 2.75) is 26.4 Å². The Kier molecular flexibility index (Phi) is 6.58. The van der Waals surface area contributed by atoms with Crippen LogP contribution in [0.5, 0.6) is 5.75 Å². The lowest BCUT2D eigenvalue weighted by Crippen LogP contribution is -2.08. The second-order valence-corrected chi connectivity index (χ2v) is 3.72. The molecule has 1 aromatic carbocycles. The third kappa shape index (κ3) is 5.15. The third-order valence-electron chi connectivity index (χ3n) is 2.32. The molecule has 0 bridgehead atoms. The summed E-state index contributed by atoms with van der Waals surface area (Å²) in [5.41, 5.74) is 0.457. The summed E-state index contributed by atoms with van der Waals surface area (Å²) in [6, 6.07) is 4.10. The zero-order chi connectivity index (χ0) is 12.5. The van der Waals surface area contributed by atoms with E-state index in [2.05, 4.69) is 6.92 Å². The maximum Gasteiger partial charge on any atom is 0.125 e. The first-order valence-corrected chi connectivity index (χ1v) is 5.87. The van der Waals surface area contributed by atoms with Crippen molar-refractivity contribution in [2.75, 3.05) is 19.8 Å². The molecule has 0 fully saturated rings. The smallest absolute Gasteiger partial charge is 0.125 e. The van der Waals surface area contributed by atoms with E-state index < -0.39 is 0 Å². The first-order chi connectivity index (χ1) is 8.27. The molecule has 0 radical (unpaired) electrons. The molecule has 0 amide bonds. The fraction of sp³-hybridized carbons (Fsp3) is 0.538. The number of halogens is 1. The minimum Gasteiger partial charge on any atom is -0.491 e. The molecular formula is C13H19FO3. The predicted molar refractivity (Wildman–Crippen MR) is 63.5 cm³/mol. The third-order valence-corrected chi connectivity index (χ3v) is 2.32. The lowest BCUT2D eigenvalue weighted by Gasteiger charge is -2.10. The van der Waals surface area contributed by atoms with E-state index in [1.165, 1.54) is 18.2 Å². The molecular weight excluding hydrogens is 223 g/mol. The molecule has 1 aromatic rings. The van der Waals surface area contributed by atoms with Gasteiger partial charge in [-0.1, -0.05) is 13.3 Å². The summed E-state index contributed by atoms with van der Waals surface area (Å²) >= 11 is 0. The monoisotopic (exact) mass is 242 g/mol. The summed E-state index contributed by atoms with van der Waals surface area (Å²) in [6.45, 7) is 3.51. The van der Waals surface area contributed by atoms with Gasteiger partial charge in [0.25, 0.3) is 0 Å². The van der Waals surface area contributed by atoms with Gasteiger partial charge in [0.2, 0.25) is 0 Å². The van der Waals surface area contributed by atoms with Gasteiger partial charge in [-0.3, -0.25) is 0 Å². The first-order valence-electron chi connectivity index (χ1n) is 5.87. The fourth-order valence-electron chi connectivity index (χ4n) is 1.37. The van der Waals surface area contributed by atoms with E-state index in [0.29, 0.717) is 24.5 Å². The van der Waals surface area contributed by atoms with Crippen LogP contribution in [0.1, 0.15) is 25.3 Å². The van der Waals surface area contributed by atoms with Crippen LogP contribution < -0.4 is 4.74 Å². The van der Waals surface area contributed by atoms with Crippen molar-refractivity contribution >= 4 is 0 Å². The molecule has 0 saturated carbocycles. The summed E-state index contributed by atoms with van der Waals surface area (Å²) in [4.78, 5) is 0. The number of aliphatic hydroxyl groups is 1. The SMILES string of the molecule is CCCCOCCOc1ccc(F)cc1CO. The standard InChI is InChI=1S/C13H19FO3/c1-2-3-6-16-7-8-17-13-5-4-12(14)9-11(13)10-15/h4-5,9,15H,2-3,6-8,10H2,1H3. The van der Waals surface area contributed by atoms with Crippen molar-refractivity contribution in [2.24, 2.45) is 0 Å². The summed E-state index contributed by atoms with van der Waals surface area (Å²) in [6.07, 6.45) is 2.14. The number of hydrogen-bond acceptors (Lipinski definition) is 3. The highest BCUT2D eigenvalue weighted by Gasteiger charge is 2.04. The van der Waals surface area contributed by atoms with Crippen LogP contribution in [0.25, 0.3) is 0 Å². The Bertz CT molecular complexity index is 328. The lowest BCUT2D eigenvalue weighted by molar-refractivity contribution is 0.0971. The Balaban J connectivity index is 2.31. The average Bonchev–Trinajstić information content (AvgIpc) is 2.35. The topological polar surface area (TPSA) is 38.7 Å². The van der Waals surface area contributed by atoms with Gasteiger partial charge >= 0.3 is 0 Å². The van der Waals surface area contributed by atoms with Gasteiger partial charge in [-0.05, 0) is 24.6 Å². The quantitative estimate of drug-likeness (QED) is 0.712. The molecule has 1 rings (SSSR count). The van der Waals surface area contributed by atoms with E-state index in [1.54, 1.807) is 0 Å². The van der Waals surface area contributed by atoms with E-state index >= 15 is 0 Å². The number of unbranched alkanes of at least 4 members (excludes halogenated alkanes) is 1. The van der Waals surface area contributed by atoms with E-state index in [-0.39, 0.29) is 12.4 Å². The van der Waals surface area contributed by atoms with Gasteiger partial charge in [-0.15, -0.1) is 0 Å². The van der Waals surface area contributed by atoms with Gasteiger partial charge in [-0.25, -0.2) is 4.39 Å². The van der Waals surface area contributed by atoms with Crippen LogP contribution in [0.3, 0.4) is 0 Å². The molecule has 0 unspecified atom stereocenters. The average molecular weight is 242 g/mol.